The van der Waals surface area contributed by atoms with Gasteiger partial charge in [0.1, 0.15) is 0 Å². The molecule has 0 radical (unpaired) electrons. The largest absolute Gasteiger partial charge is 0.493 e. The van der Waals surface area contributed by atoms with Gasteiger partial charge in [-0.15, -0.1) is 0 Å². The smallest absolute Gasteiger partial charge is 0.358 e. The van der Waals surface area contributed by atoms with E-state index in [0.717, 1.165) is 28.1 Å². The minimum atomic E-state index is -0.442. The fraction of sp³-hybridized carbons (Fsp3) is 0.200. The number of nitrogens with zero attached hydrogens (tertiary/aromatic N) is 2. The summed E-state index contributed by atoms with van der Waals surface area (Å²) in [5, 5.41) is 4.54. The Hall–Kier alpha value is -3.28. The summed E-state index contributed by atoms with van der Waals surface area (Å²) in [5.74, 6) is 0.859. The lowest BCUT2D eigenvalue weighted by molar-refractivity contribution is 0.0592. The molecule has 0 saturated carbocycles. The van der Waals surface area contributed by atoms with Crippen molar-refractivity contribution in [1.82, 2.24) is 9.78 Å². The first kappa shape index (κ1) is 16.2. The molecule has 6 nitrogen and oxygen atoms in total. The van der Waals surface area contributed by atoms with E-state index in [1.165, 1.54) is 7.11 Å². The zero-order valence-electron chi connectivity index (χ0n) is 14.8. The van der Waals surface area contributed by atoms with Crippen molar-refractivity contribution in [2.45, 2.75) is 6.42 Å². The van der Waals surface area contributed by atoms with Crippen LogP contribution in [-0.4, -0.2) is 37.1 Å². The van der Waals surface area contributed by atoms with Crippen molar-refractivity contribution in [2.75, 3.05) is 21.3 Å². The summed E-state index contributed by atoms with van der Waals surface area (Å²) in [4.78, 5) is 12.3. The number of ether oxygens (including phenoxy) is 3. The number of hydrogen-bond acceptors (Lipinski definition) is 5. The molecule has 0 saturated heterocycles. The van der Waals surface area contributed by atoms with Gasteiger partial charge in [0.05, 0.1) is 32.7 Å². The number of aromatic nitrogens is 2. The molecular weight excluding hydrogens is 332 g/mol. The van der Waals surface area contributed by atoms with E-state index in [2.05, 4.69) is 5.10 Å². The van der Waals surface area contributed by atoms with Crippen molar-refractivity contribution >= 4 is 5.97 Å². The standard InChI is InChI=1S/C20H18N2O4/c1-24-16-10-12-9-15-18(20(23)26-3)21-22(13-7-5-4-6-8-13)19(15)14(12)11-17(16)25-2/h4-8,10-11H,9H2,1-3H3. The molecule has 3 aromatic rings. The molecule has 1 aliphatic rings. The van der Waals surface area contributed by atoms with Gasteiger partial charge >= 0.3 is 5.97 Å². The zero-order valence-corrected chi connectivity index (χ0v) is 14.8. The molecule has 0 N–H and O–H groups in total. The fourth-order valence-electron chi connectivity index (χ4n) is 3.39. The van der Waals surface area contributed by atoms with E-state index in [0.29, 0.717) is 23.6 Å². The number of fused-ring (bicyclic) bond motifs is 3. The summed E-state index contributed by atoms with van der Waals surface area (Å²) < 4.78 is 17.6. The predicted molar refractivity (Wildman–Crippen MR) is 96.2 cm³/mol. The molecule has 0 amide bonds. The van der Waals surface area contributed by atoms with E-state index < -0.39 is 5.97 Å². The average Bonchev–Trinajstić information content (AvgIpc) is 3.23. The Kier molecular flexibility index (Phi) is 3.88. The Morgan fingerprint density at radius 3 is 2.38 bits per heavy atom. The monoisotopic (exact) mass is 350 g/mol. The number of hydrogen-bond donors (Lipinski definition) is 0. The van der Waals surface area contributed by atoms with Crippen LogP contribution in [-0.2, 0) is 11.2 Å². The number of para-hydroxylation sites is 1. The molecule has 2 aromatic carbocycles. The number of carbonyl (C=O) groups excluding carboxylic acids is 1. The highest BCUT2D eigenvalue weighted by Gasteiger charge is 2.32. The number of esters is 1. The molecule has 4 rings (SSSR count). The lowest BCUT2D eigenvalue weighted by Gasteiger charge is -2.12. The summed E-state index contributed by atoms with van der Waals surface area (Å²) in [6, 6.07) is 13.6. The second kappa shape index (κ2) is 6.22. The maximum atomic E-state index is 12.3. The summed E-state index contributed by atoms with van der Waals surface area (Å²) in [7, 11) is 4.58. The normalized spacial score (nSPS) is 11.7. The Morgan fingerprint density at radius 1 is 1.04 bits per heavy atom. The molecule has 0 bridgehead atoms. The third-order valence-corrected chi connectivity index (χ3v) is 4.59. The first-order chi connectivity index (χ1) is 12.7. The number of methoxy groups -OCH3 is 3. The van der Waals surface area contributed by atoms with Crippen LogP contribution in [0.2, 0.25) is 0 Å². The third-order valence-electron chi connectivity index (χ3n) is 4.59. The molecule has 1 heterocycles. The van der Waals surface area contributed by atoms with Crippen LogP contribution in [0, 0.1) is 0 Å². The lowest BCUT2D eigenvalue weighted by Crippen LogP contribution is -2.07. The molecule has 6 heteroatoms. The topological polar surface area (TPSA) is 62.6 Å². The van der Waals surface area contributed by atoms with Crippen molar-refractivity contribution in [3.63, 3.8) is 0 Å². The van der Waals surface area contributed by atoms with Gasteiger partial charge in [-0.1, -0.05) is 18.2 Å². The molecule has 0 aliphatic heterocycles. The van der Waals surface area contributed by atoms with Crippen molar-refractivity contribution < 1.29 is 19.0 Å². The second-order valence-electron chi connectivity index (χ2n) is 5.96. The molecule has 26 heavy (non-hydrogen) atoms. The van der Waals surface area contributed by atoms with E-state index in [4.69, 9.17) is 14.2 Å². The van der Waals surface area contributed by atoms with Gasteiger partial charge in [-0.3, -0.25) is 0 Å². The number of carbonyl (C=O) groups is 1. The van der Waals surface area contributed by atoms with Crippen molar-refractivity contribution in [3.05, 3.63) is 59.3 Å². The van der Waals surface area contributed by atoms with Crippen molar-refractivity contribution in [1.29, 1.82) is 0 Å². The van der Waals surface area contributed by atoms with Gasteiger partial charge in [0.2, 0.25) is 0 Å². The summed E-state index contributed by atoms with van der Waals surface area (Å²) in [6.07, 6.45) is 0.586. The molecule has 1 aromatic heterocycles. The highest BCUT2D eigenvalue weighted by Crippen LogP contribution is 2.44. The van der Waals surface area contributed by atoms with Gasteiger partial charge in [-0.05, 0) is 29.8 Å². The SMILES string of the molecule is COC(=O)c1nn(-c2ccccc2)c2c1Cc1cc(OC)c(OC)cc1-2. The molecule has 0 spiro atoms. The summed E-state index contributed by atoms with van der Waals surface area (Å²) in [6.45, 7) is 0. The van der Waals surface area contributed by atoms with Crippen LogP contribution in [0.4, 0.5) is 0 Å². The zero-order chi connectivity index (χ0) is 18.3. The fourth-order valence-corrected chi connectivity index (χ4v) is 3.39. The minimum Gasteiger partial charge on any atom is -0.493 e. The predicted octanol–water partition coefficient (Wildman–Crippen LogP) is 3.25. The molecule has 1 aliphatic carbocycles. The Balaban J connectivity index is 1.98. The molecule has 0 atom stereocenters. The molecular formula is C20H18N2O4. The lowest BCUT2D eigenvalue weighted by atomic mass is 10.1. The van der Waals surface area contributed by atoms with Gasteiger partial charge < -0.3 is 14.2 Å². The van der Waals surface area contributed by atoms with E-state index in [9.17, 15) is 4.79 Å². The maximum absolute atomic E-state index is 12.3. The first-order valence-electron chi connectivity index (χ1n) is 8.18. The average molecular weight is 350 g/mol. The highest BCUT2D eigenvalue weighted by atomic mass is 16.5. The van der Waals surface area contributed by atoms with Crippen molar-refractivity contribution in [2.24, 2.45) is 0 Å². The summed E-state index contributed by atoms with van der Waals surface area (Å²) in [5.41, 5.74) is 4.98. The first-order valence-corrected chi connectivity index (χ1v) is 8.18. The number of benzene rings is 2. The van der Waals surface area contributed by atoms with Crippen LogP contribution in [0.25, 0.3) is 16.9 Å². The Bertz CT molecular complexity index is 993. The molecule has 0 unspecified atom stereocenters. The van der Waals surface area contributed by atoms with E-state index in [1.54, 1.807) is 18.9 Å². The Morgan fingerprint density at radius 2 is 1.73 bits per heavy atom. The van der Waals surface area contributed by atoms with Gasteiger partial charge in [-0.25, -0.2) is 9.48 Å². The number of rotatable bonds is 4. The van der Waals surface area contributed by atoms with E-state index >= 15 is 0 Å². The van der Waals surface area contributed by atoms with Gasteiger partial charge in [0.15, 0.2) is 17.2 Å². The van der Waals surface area contributed by atoms with E-state index in [1.807, 2.05) is 42.5 Å². The van der Waals surface area contributed by atoms with Crippen LogP contribution in [0.5, 0.6) is 11.5 Å². The van der Waals surface area contributed by atoms with E-state index in [-0.39, 0.29) is 0 Å². The van der Waals surface area contributed by atoms with Crippen LogP contribution in [0.1, 0.15) is 21.6 Å². The van der Waals surface area contributed by atoms with Crippen molar-refractivity contribution in [3.8, 4) is 28.4 Å². The highest BCUT2D eigenvalue weighted by molar-refractivity contribution is 5.94. The Labute approximate surface area is 150 Å². The van der Waals surface area contributed by atoms with Crippen LogP contribution >= 0.6 is 0 Å². The maximum Gasteiger partial charge on any atom is 0.358 e. The second-order valence-corrected chi connectivity index (χ2v) is 5.96. The molecule has 0 fully saturated rings. The third kappa shape index (κ3) is 2.34. The quantitative estimate of drug-likeness (QED) is 0.529. The van der Waals surface area contributed by atoms with Gasteiger partial charge in [0, 0.05) is 17.5 Å². The van der Waals surface area contributed by atoms with Crippen LogP contribution in [0.3, 0.4) is 0 Å². The van der Waals surface area contributed by atoms with Gasteiger partial charge in [0.25, 0.3) is 0 Å². The molecule has 132 valence electrons. The van der Waals surface area contributed by atoms with Gasteiger partial charge in [-0.2, -0.15) is 5.10 Å². The summed E-state index contributed by atoms with van der Waals surface area (Å²) >= 11 is 0. The van der Waals surface area contributed by atoms with Crippen LogP contribution < -0.4 is 9.47 Å². The van der Waals surface area contributed by atoms with Crippen LogP contribution in [0.15, 0.2) is 42.5 Å². The minimum absolute atomic E-state index is 0.334.